The van der Waals surface area contributed by atoms with Gasteiger partial charge in [-0.2, -0.15) is 0 Å². The van der Waals surface area contributed by atoms with E-state index in [0.29, 0.717) is 0 Å². The first-order valence-corrected chi connectivity index (χ1v) is 8.49. The van der Waals surface area contributed by atoms with Crippen molar-refractivity contribution in [1.82, 2.24) is 0 Å². The molecule has 0 heterocycles. The number of carboxylic acids is 1. The molecule has 0 spiro atoms. The predicted molar refractivity (Wildman–Crippen MR) is 88.1 cm³/mol. The van der Waals surface area contributed by atoms with Crippen LogP contribution >= 0.6 is 22.6 Å². The van der Waals surface area contributed by atoms with Crippen LogP contribution in [0, 0.1) is 10.5 Å². The maximum atomic E-state index is 12.3. The lowest BCUT2D eigenvalue weighted by molar-refractivity contribution is 0.0698. The van der Waals surface area contributed by atoms with E-state index in [1.807, 2.05) is 6.92 Å². The molecule has 0 radical (unpaired) electrons. The number of benzene rings is 2. The van der Waals surface area contributed by atoms with Gasteiger partial charge < -0.3 is 5.11 Å². The summed E-state index contributed by atoms with van der Waals surface area (Å²) >= 11 is 2.11. The molecule has 21 heavy (non-hydrogen) atoms. The fourth-order valence-electron chi connectivity index (χ4n) is 1.75. The Balaban J connectivity index is 2.42. The van der Waals surface area contributed by atoms with Crippen molar-refractivity contribution in [2.45, 2.75) is 11.8 Å². The van der Waals surface area contributed by atoms with Crippen molar-refractivity contribution in [1.29, 1.82) is 0 Å². The molecule has 2 N–H and O–H groups in total. The number of carboxylic acid groups (broad SMARTS) is 1. The van der Waals surface area contributed by atoms with Gasteiger partial charge in [-0.1, -0.05) is 12.1 Å². The molecule has 0 unspecified atom stereocenters. The summed E-state index contributed by atoms with van der Waals surface area (Å²) in [6.07, 6.45) is 0. The summed E-state index contributed by atoms with van der Waals surface area (Å²) in [4.78, 5) is 11.2. The van der Waals surface area contributed by atoms with Gasteiger partial charge in [-0.15, -0.1) is 0 Å². The Bertz CT molecular complexity index is 802. The number of hydrogen-bond donors (Lipinski definition) is 2. The fraction of sp³-hybridized carbons (Fsp3) is 0.0714. The van der Waals surface area contributed by atoms with Crippen LogP contribution in [0.2, 0.25) is 0 Å². The van der Waals surface area contributed by atoms with Gasteiger partial charge in [-0.05, 0) is 65.4 Å². The average Bonchev–Trinajstić information content (AvgIpc) is 2.41. The second-order valence-electron chi connectivity index (χ2n) is 4.37. The zero-order valence-corrected chi connectivity index (χ0v) is 14.0. The van der Waals surface area contributed by atoms with Crippen LogP contribution in [0.4, 0.5) is 5.69 Å². The minimum Gasteiger partial charge on any atom is -0.478 e. The molecule has 2 rings (SSSR count). The first-order chi connectivity index (χ1) is 9.81. The SMILES string of the molecule is Cc1cc(S(=O)(=O)Nc2ccccc2C(=O)O)ccc1I. The summed E-state index contributed by atoms with van der Waals surface area (Å²) in [6, 6.07) is 10.6. The standard InChI is InChI=1S/C14H12INO4S/c1-9-8-10(6-7-12(9)15)21(19,20)16-13-5-3-2-4-11(13)14(17)18/h2-8,16H,1H3,(H,17,18). The maximum Gasteiger partial charge on any atom is 0.337 e. The number of nitrogens with one attached hydrogen (secondary N) is 1. The summed E-state index contributed by atoms with van der Waals surface area (Å²) in [6.45, 7) is 1.81. The van der Waals surface area contributed by atoms with Crippen molar-refractivity contribution in [3.63, 3.8) is 0 Å². The largest absolute Gasteiger partial charge is 0.478 e. The highest BCUT2D eigenvalue weighted by molar-refractivity contribution is 14.1. The Morgan fingerprint density at radius 1 is 1.19 bits per heavy atom. The minimum absolute atomic E-state index is 0.0428. The monoisotopic (exact) mass is 417 g/mol. The molecule has 0 aliphatic heterocycles. The summed E-state index contributed by atoms with van der Waals surface area (Å²) in [5, 5.41) is 9.08. The summed E-state index contributed by atoms with van der Waals surface area (Å²) in [5.41, 5.74) is 0.787. The van der Waals surface area contributed by atoms with Crippen LogP contribution in [-0.4, -0.2) is 19.5 Å². The molecule has 0 aromatic heterocycles. The minimum atomic E-state index is -3.83. The lowest BCUT2D eigenvalue weighted by atomic mass is 10.2. The second-order valence-corrected chi connectivity index (χ2v) is 7.21. The second kappa shape index (κ2) is 6.02. The number of halogens is 1. The molecule has 2 aromatic rings. The van der Waals surface area contributed by atoms with Crippen LogP contribution in [0.1, 0.15) is 15.9 Å². The van der Waals surface area contributed by atoms with Crippen LogP contribution in [0.25, 0.3) is 0 Å². The van der Waals surface area contributed by atoms with E-state index in [0.717, 1.165) is 9.13 Å². The predicted octanol–water partition coefficient (Wildman–Crippen LogP) is 3.10. The lowest BCUT2D eigenvalue weighted by Gasteiger charge is -2.11. The van der Waals surface area contributed by atoms with Gasteiger partial charge in [0.1, 0.15) is 0 Å². The first-order valence-electron chi connectivity index (χ1n) is 5.92. The number of hydrogen-bond acceptors (Lipinski definition) is 3. The Labute approximate surface area is 136 Å². The zero-order valence-electron chi connectivity index (χ0n) is 11.0. The van der Waals surface area contributed by atoms with Gasteiger partial charge in [0.15, 0.2) is 0 Å². The van der Waals surface area contributed by atoms with E-state index in [1.165, 1.54) is 24.3 Å². The van der Waals surface area contributed by atoms with Gasteiger partial charge in [0.2, 0.25) is 0 Å². The number of rotatable bonds is 4. The maximum absolute atomic E-state index is 12.3. The summed E-state index contributed by atoms with van der Waals surface area (Å²) < 4.78 is 27.9. The van der Waals surface area contributed by atoms with Crippen molar-refractivity contribution in [2.75, 3.05) is 4.72 Å². The van der Waals surface area contributed by atoms with Crippen molar-refractivity contribution in [2.24, 2.45) is 0 Å². The molecule has 7 heteroatoms. The molecular formula is C14H12INO4S. The number of anilines is 1. The van der Waals surface area contributed by atoms with Crippen LogP contribution in [0.5, 0.6) is 0 Å². The summed E-state index contributed by atoms with van der Waals surface area (Å²) in [7, 11) is -3.83. The van der Waals surface area contributed by atoms with Crippen molar-refractivity contribution < 1.29 is 18.3 Å². The third-order valence-electron chi connectivity index (χ3n) is 2.84. The molecule has 0 bridgehead atoms. The highest BCUT2D eigenvalue weighted by atomic mass is 127. The van der Waals surface area contributed by atoms with E-state index < -0.39 is 16.0 Å². The normalized spacial score (nSPS) is 11.1. The van der Waals surface area contributed by atoms with E-state index in [2.05, 4.69) is 27.3 Å². The molecular weight excluding hydrogens is 405 g/mol. The molecule has 0 aliphatic rings. The van der Waals surface area contributed by atoms with Crippen molar-refractivity contribution in [3.8, 4) is 0 Å². The number of para-hydroxylation sites is 1. The molecule has 0 saturated heterocycles. The first kappa shape index (κ1) is 15.8. The number of carbonyl (C=O) groups is 1. The molecule has 0 atom stereocenters. The molecule has 0 saturated carbocycles. The number of aromatic carboxylic acids is 1. The Morgan fingerprint density at radius 3 is 2.48 bits per heavy atom. The van der Waals surface area contributed by atoms with Gasteiger partial charge in [-0.25, -0.2) is 13.2 Å². The lowest BCUT2D eigenvalue weighted by Crippen LogP contribution is -2.15. The van der Waals surface area contributed by atoms with Gasteiger partial charge >= 0.3 is 5.97 Å². The smallest absolute Gasteiger partial charge is 0.337 e. The quantitative estimate of drug-likeness (QED) is 0.750. The molecule has 110 valence electrons. The van der Waals surface area contributed by atoms with Crippen molar-refractivity contribution in [3.05, 3.63) is 57.2 Å². The van der Waals surface area contributed by atoms with E-state index >= 15 is 0 Å². The molecule has 2 aromatic carbocycles. The highest BCUT2D eigenvalue weighted by Gasteiger charge is 2.18. The Morgan fingerprint density at radius 2 is 1.86 bits per heavy atom. The fourth-order valence-corrected chi connectivity index (χ4v) is 3.25. The highest BCUT2D eigenvalue weighted by Crippen LogP contribution is 2.22. The van der Waals surface area contributed by atoms with Gasteiger partial charge in [-0.3, -0.25) is 4.72 Å². The topological polar surface area (TPSA) is 83.5 Å². The van der Waals surface area contributed by atoms with E-state index in [9.17, 15) is 13.2 Å². The van der Waals surface area contributed by atoms with E-state index in [4.69, 9.17) is 5.11 Å². The van der Waals surface area contributed by atoms with E-state index in [-0.39, 0.29) is 16.1 Å². The average molecular weight is 417 g/mol. The van der Waals surface area contributed by atoms with Crippen LogP contribution in [0.3, 0.4) is 0 Å². The molecule has 0 fully saturated rings. The summed E-state index contributed by atoms with van der Waals surface area (Å²) in [5.74, 6) is -1.19. The van der Waals surface area contributed by atoms with Crippen LogP contribution < -0.4 is 4.72 Å². The van der Waals surface area contributed by atoms with Crippen LogP contribution in [-0.2, 0) is 10.0 Å². The molecule has 0 aliphatic carbocycles. The van der Waals surface area contributed by atoms with Gasteiger partial charge in [0, 0.05) is 3.57 Å². The van der Waals surface area contributed by atoms with Crippen LogP contribution in [0.15, 0.2) is 47.4 Å². The van der Waals surface area contributed by atoms with Crippen molar-refractivity contribution >= 4 is 44.3 Å². The third-order valence-corrected chi connectivity index (χ3v) is 5.42. The third kappa shape index (κ3) is 3.53. The number of aryl methyl sites for hydroxylation is 1. The molecule has 5 nitrogen and oxygen atoms in total. The molecule has 0 amide bonds. The Hall–Kier alpha value is -1.61. The number of sulfonamides is 1. The van der Waals surface area contributed by atoms with Gasteiger partial charge in [0.05, 0.1) is 16.1 Å². The Kier molecular flexibility index (Phi) is 4.52. The zero-order chi connectivity index (χ0) is 15.6. The van der Waals surface area contributed by atoms with Gasteiger partial charge in [0.25, 0.3) is 10.0 Å². The van der Waals surface area contributed by atoms with E-state index in [1.54, 1.807) is 18.2 Å².